The fraction of sp³-hybridized carbons (Fsp3) is 0.235. The molecule has 2 amide bonds. The number of carbonyl (C=O) groups excluding carboxylic acids is 2. The first-order valence-electron chi connectivity index (χ1n) is 7.98. The van der Waals surface area contributed by atoms with E-state index in [1.807, 2.05) is 0 Å². The van der Waals surface area contributed by atoms with Gasteiger partial charge in [-0.25, -0.2) is 0 Å². The number of nitrogens with zero attached hydrogens (tertiary/aromatic N) is 1. The van der Waals surface area contributed by atoms with Crippen molar-refractivity contribution in [3.8, 4) is 0 Å². The minimum atomic E-state index is -0.505. The van der Waals surface area contributed by atoms with Crippen LogP contribution in [0.5, 0.6) is 0 Å². The van der Waals surface area contributed by atoms with Gasteiger partial charge < -0.3 is 19.4 Å². The lowest BCUT2D eigenvalue weighted by Crippen LogP contribution is -2.40. The number of anilines is 1. The van der Waals surface area contributed by atoms with Crippen molar-refractivity contribution in [3.63, 3.8) is 0 Å². The van der Waals surface area contributed by atoms with Gasteiger partial charge >= 0.3 is 0 Å². The number of amides is 2. The number of hydrogen-bond donors (Lipinski definition) is 2. The van der Waals surface area contributed by atoms with E-state index in [4.69, 9.17) is 33.0 Å². The molecule has 1 saturated heterocycles. The summed E-state index contributed by atoms with van der Waals surface area (Å²) >= 11 is 14.5. The Morgan fingerprint density at radius 2 is 1.93 bits per heavy atom. The van der Waals surface area contributed by atoms with E-state index in [0.717, 1.165) is 0 Å². The highest BCUT2D eigenvalue weighted by atomic mass is 79.9. The largest absolute Gasteiger partial charge is 0.444 e. The van der Waals surface area contributed by atoms with E-state index in [2.05, 4.69) is 26.6 Å². The van der Waals surface area contributed by atoms with Crippen LogP contribution in [-0.4, -0.2) is 48.1 Å². The van der Waals surface area contributed by atoms with Crippen molar-refractivity contribution in [1.29, 1.82) is 0 Å². The molecule has 2 aromatic rings. The lowest BCUT2D eigenvalue weighted by molar-refractivity contribution is 0.0303. The molecule has 2 N–H and O–H groups in total. The summed E-state index contributed by atoms with van der Waals surface area (Å²) in [6, 6.07) is 7.96. The smallest absolute Gasteiger partial charge is 0.293 e. The maximum absolute atomic E-state index is 12.6. The minimum absolute atomic E-state index is 0.0328. The first kappa shape index (κ1) is 19.8. The van der Waals surface area contributed by atoms with Gasteiger partial charge in [0.1, 0.15) is 0 Å². The number of benzene rings is 1. The van der Waals surface area contributed by atoms with Crippen LogP contribution in [0.2, 0.25) is 5.02 Å². The van der Waals surface area contributed by atoms with Crippen molar-refractivity contribution in [1.82, 2.24) is 10.2 Å². The minimum Gasteiger partial charge on any atom is -0.444 e. The zero-order valence-corrected chi connectivity index (χ0v) is 17.1. The first-order chi connectivity index (χ1) is 12.9. The fourth-order valence-electron chi connectivity index (χ4n) is 2.46. The van der Waals surface area contributed by atoms with Gasteiger partial charge in [0.25, 0.3) is 11.8 Å². The van der Waals surface area contributed by atoms with Gasteiger partial charge in [-0.2, -0.15) is 0 Å². The number of furan rings is 1. The second-order valence-electron chi connectivity index (χ2n) is 5.61. The quantitative estimate of drug-likeness (QED) is 0.667. The molecule has 0 aliphatic carbocycles. The van der Waals surface area contributed by atoms with Gasteiger partial charge in [0.05, 0.1) is 23.9 Å². The highest BCUT2D eigenvalue weighted by Gasteiger charge is 2.20. The van der Waals surface area contributed by atoms with Gasteiger partial charge in [0, 0.05) is 18.7 Å². The van der Waals surface area contributed by atoms with Crippen LogP contribution in [0.1, 0.15) is 20.9 Å². The van der Waals surface area contributed by atoms with Crippen LogP contribution in [0.15, 0.2) is 39.4 Å². The molecule has 142 valence electrons. The van der Waals surface area contributed by atoms with Crippen molar-refractivity contribution >= 4 is 62.4 Å². The third-order valence-corrected chi connectivity index (χ3v) is 4.74. The molecule has 2 heterocycles. The third-order valence-electron chi connectivity index (χ3n) is 3.78. The Morgan fingerprint density at radius 3 is 2.59 bits per heavy atom. The highest BCUT2D eigenvalue weighted by Crippen LogP contribution is 2.24. The van der Waals surface area contributed by atoms with Crippen molar-refractivity contribution in [2.24, 2.45) is 0 Å². The van der Waals surface area contributed by atoms with E-state index >= 15 is 0 Å². The summed E-state index contributed by atoms with van der Waals surface area (Å²) in [7, 11) is 0. The van der Waals surface area contributed by atoms with E-state index in [-0.39, 0.29) is 16.8 Å². The molecule has 7 nitrogen and oxygen atoms in total. The Balaban J connectivity index is 1.67. The SMILES string of the molecule is O=C(NC(=S)Nc1cc(C(=O)N2CCOCC2)ccc1Cl)c1ccc(Br)o1. The molecule has 10 heteroatoms. The van der Waals surface area contributed by atoms with Crippen molar-refractivity contribution < 1.29 is 18.7 Å². The molecule has 0 saturated carbocycles. The lowest BCUT2D eigenvalue weighted by atomic mass is 10.1. The Hall–Kier alpha value is -1.94. The molecule has 1 aliphatic rings. The van der Waals surface area contributed by atoms with Crippen molar-refractivity contribution in [2.75, 3.05) is 31.6 Å². The molecular formula is C17H15BrClN3O4S. The Kier molecular flexibility index (Phi) is 6.48. The number of halogens is 2. The second-order valence-corrected chi connectivity index (χ2v) is 7.21. The van der Waals surface area contributed by atoms with E-state index in [9.17, 15) is 9.59 Å². The predicted octanol–water partition coefficient (Wildman–Crippen LogP) is 3.29. The van der Waals surface area contributed by atoms with Crippen molar-refractivity contribution in [2.45, 2.75) is 0 Å². The number of carbonyl (C=O) groups is 2. The molecule has 0 atom stereocenters. The molecule has 1 aromatic carbocycles. The summed E-state index contributed by atoms with van der Waals surface area (Å²) in [6.07, 6.45) is 0. The fourth-order valence-corrected chi connectivity index (χ4v) is 3.13. The Morgan fingerprint density at radius 1 is 1.19 bits per heavy atom. The summed E-state index contributed by atoms with van der Waals surface area (Å²) in [5.41, 5.74) is 0.884. The normalized spacial score (nSPS) is 13.9. The molecular weight excluding hydrogens is 458 g/mol. The van der Waals surface area contributed by atoms with Gasteiger partial charge in [-0.15, -0.1) is 0 Å². The number of hydrogen-bond acceptors (Lipinski definition) is 5. The van der Waals surface area contributed by atoms with Crippen LogP contribution >= 0.6 is 39.7 Å². The predicted molar refractivity (Wildman–Crippen MR) is 108 cm³/mol. The molecule has 0 radical (unpaired) electrons. The van der Waals surface area contributed by atoms with E-state index in [1.165, 1.54) is 6.07 Å². The standard InChI is InChI=1S/C17H15BrClN3O4S/c18-14-4-3-13(26-14)15(23)21-17(27)20-12-9-10(1-2-11(12)19)16(24)22-5-7-25-8-6-22/h1-4,9H,5-8H2,(H2,20,21,23,27). The number of ether oxygens (including phenoxy) is 1. The van der Waals surface area contributed by atoms with Gasteiger partial charge in [0.2, 0.25) is 0 Å². The molecule has 0 spiro atoms. The van der Waals surface area contributed by atoms with Crippen LogP contribution in [0.3, 0.4) is 0 Å². The number of rotatable bonds is 3. The molecule has 1 aromatic heterocycles. The van der Waals surface area contributed by atoms with E-state index < -0.39 is 5.91 Å². The monoisotopic (exact) mass is 471 g/mol. The molecule has 1 aliphatic heterocycles. The van der Waals surface area contributed by atoms with Crippen LogP contribution in [0.4, 0.5) is 5.69 Å². The number of thiocarbonyl (C=S) groups is 1. The topological polar surface area (TPSA) is 83.8 Å². The van der Waals surface area contributed by atoms with Gasteiger partial charge in [0.15, 0.2) is 15.5 Å². The Bertz CT molecular complexity index is 883. The molecule has 27 heavy (non-hydrogen) atoms. The summed E-state index contributed by atoms with van der Waals surface area (Å²) in [5, 5.41) is 5.73. The van der Waals surface area contributed by atoms with Gasteiger partial charge in [-0.1, -0.05) is 11.6 Å². The number of nitrogens with one attached hydrogen (secondary N) is 2. The van der Waals surface area contributed by atoms with E-state index in [1.54, 1.807) is 29.2 Å². The van der Waals surface area contributed by atoms with Crippen molar-refractivity contribution in [3.05, 3.63) is 51.3 Å². The average molecular weight is 473 g/mol. The Labute approximate surface area is 174 Å². The van der Waals surface area contributed by atoms with Crippen LogP contribution in [-0.2, 0) is 4.74 Å². The van der Waals surface area contributed by atoms with E-state index in [0.29, 0.717) is 47.2 Å². The zero-order chi connectivity index (χ0) is 19.4. The summed E-state index contributed by atoms with van der Waals surface area (Å²) in [5.74, 6) is -0.517. The van der Waals surface area contributed by atoms with Gasteiger partial charge in [-0.3, -0.25) is 14.9 Å². The molecule has 1 fully saturated rings. The molecule has 0 unspecified atom stereocenters. The maximum atomic E-state index is 12.6. The van der Waals surface area contributed by atoms with Crippen LogP contribution in [0, 0.1) is 0 Å². The summed E-state index contributed by atoms with van der Waals surface area (Å²) in [6.45, 7) is 2.11. The lowest BCUT2D eigenvalue weighted by Gasteiger charge is -2.27. The second kappa shape index (κ2) is 8.83. The maximum Gasteiger partial charge on any atom is 0.293 e. The molecule has 0 bridgehead atoms. The van der Waals surface area contributed by atoms with Gasteiger partial charge in [-0.05, 0) is 58.5 Å². The zero-order valence-electron chi connectivity index (χ0n) is 14.0. The number of morpholine rings is 1. The summed E-state index contributed by atoms with van der Waals surface area (Å²) < 4.78 is 10.9. The van der Waals surface area contributed by atoms with Crippen LogP contribution < -0.4 is 10.6 Å². The average Bonchev–Trinajstić information content (AvgIpc) is 3.10. The summed E-state index contributed by atoms with van der Waals surface area (Å²) in [4.78, 5) is 26.4. The van der Waals surface area contributed by atoms with Crippen LogP contribution in [0.25, 0.3) is 0 Å². The highest BCUT2D eigenvalue weighted by molar-refractivity contribution is 9.10. The third kappa shape index (κ3) is 5.07. The first-order valence-corrected chi connectivity index (χ1v) is 9.56. The molecule has 3 rings (SSSR count).